The van der Waals surface area contributed by atoms with Crippen LogP contribution >= 0.6 is 0 Å². The van der Waals surface area contributed by atoms with Crippen LogP contribution in [0.15, 0.2) is 11.6 Å². The Bertz CT molecular complexity index is 195. The zero-order chi connectivity index (χ0) is 8.97. The minimum absolute atomic E-state index is 0.0596. The van der Waals surface area contributed by atoms with Crippen molar-refractivity contribution < 1.29 is 4.79 Å². The number of carbonyl (C=O) groups excluding carboxylic acids is 1. The minimum atomic E-state index is 0.0596. The SMILES string of the molecule is C/C=C(/C)C(=O)NCC1CNC1. The van der Waals surface area contributed by atoms with Gasteiger partial charge < -0.3 is 10.6 Å². The Kier molecular flexibility index (Phi) is 3.29. The number of carbonyl (C=O) groups is 1. The van der Waals surface area contributed by atoms with E-state index in [-0.39, 0.29) is 5.91 Å². The van der Waals surface area contributed by atoms with Gasteiger partial charge in [-0.15, -0.1) is 0 Å². The first-order valence-electron chi connectivity index (χ1n) is 4.36. The molecule has 0 aromatic carbocycles. The lowest BCUT2D eigenvalue weighted by molar-refractivity contribution is -0.117. The van der Waals surface area contributed by atoms with Crippen LogP contribution in [-0.2, 0) is 4.79 Å². The second kappa shape index (κ2) is 4.26. The standard InChI is InChI=1S/C9H16N2O/c1-3-7(2)9(12)11-6-8-4-10-5-8/h3,8,10H,4-6H2,1-2H3,(H,11,12)/b7-3-. The summed E-state index contributed by atoms with van der Waals surface area (Å²) in [6.07, 6.45) is 1.83. The largest absolute Gasteiger partial charge is 0.352 e. The van der Waals surface area contributed by atoms with E-state index in [1.54, 1.807) is 0 Å². The van der Waals surface area contributed by atoms with Gasteiger partial charge in [0, 0.05) is 31.1 Å². The molecule has 0 aromatic heterocycles. The summed E-state index contributed by atoms with van der Waals surface area (Å²) in [4.78, 5) is 11.2. The molecule has 0 aromatic rings. The van der Waals surface area contributed by atoms with Gasteiger partial charge >= 0.3 is 0 Å². The van der Waals surface area contributed by atoms with E-state index in [1.807, 2.05) is 19.9 Å². The lowest BCUT2D eigenvalue weighted by atomic mass is 10.0. The fourth-order valence-electron chi connectivity index (χ4n) is 1.00. The molecule has 1 aliphatic heterocycles. The van der Waals surface area contributed by atoms with Crippen molar-refractivity contribution in [3.8, 4) is 0 Å². The summed E-state index contributed by atoms with van der Waals surface area (Å²) in [5, 5.41) is 6.05. The quantitative estimate of drug-likeness (QED) is 0.595. The fraction of sp³-hybridized carbons (Fsp3) is 0.667. The van der Waals surface area contributed by atoms with Crippen molar-refractivity contribution in [1.82, 2.24) is 10.6 Å². The molecule has 0 atom stereocenters. The van der Waals surface area contributed by atoms with Crippen molar-refractivity contribution >= 4 is 5.91 Å². The number of nitrogens with one attached hydrogen (secondary N) is 2. The Morgan fingerprint density at radius 3 is 2.75 bits per heavy atom. The van der Waals surface area contributed by atoms with Gasteiger partial charge in [0.25, 0.3) is 0 Å². The number of allylic oxidation sites excluding steroid dienone is 1. The molecule has 1 amide bonds. The summed E-state index contributed by atoms with van der Waals surface area (Å²) >= 11 is 0. The predicted octanol–water partition coefficient (Wildman–Crippen LogP) is 0.288. The Morgan fingerprint density at radius 2 is 2.33 bits per heavy atom. The van der Waals surface area contributed by atoms with Crippen LogP contribution in [0.5, 0.6) is 0 Å². The summed E-state index contributed by atoms with van der Waals surface area (Å²) in [5.41, 5.74) is 0.794. The van der Waals surface area contributed by atoms with E-state index >= 15 is 0 Å². The summed E-state index contributed by atoms with van der Waals surface area (Å²) in [6, 6.07) is 0. The third-order valence-corrected chi connectivity index (χ3v) is 2.21. The van der Waals surface area contributed by atoms with Crippen LogP contribution in [0.2, 0.25) is 0 Å². The van der Waals surface area contributed by atoms with Crippen LogP contribution in [0, 0.1) is 5.92 Å². The van der Waals surface area contributed by atoms with Gasteiger partial charge in [-0.3, -0.25) is 4.79 Å². The maximum Gasteiger partial charge on any atom is 0.246 e. The average Bonchev–Trinajstić information content (AvgIpc) is 2.00. The van der Waals surface area contributed by atoms with Gasteiger partial charge in [-0.25, -0.2) is 0 Å². The second-order valence-electron chi connectivity index (χ2n) is 3.21. The van der Waals surface area contributed by atoms with Gasteiger partial charge in [0.2, 0.25) is 5.91 Å². The lowest BCUT2D eigenvalue weighted by Gasteiger charge is -2.27. The van der Waals surface area contributed by atoms with E-state index in [9.17, 15) is 4.79 Å². The first-order valence-corrected chi connectivity index (χ1v) is 4.36. The zero-order valence-corrected chi connectivity index (χ0v) is 7.68. The average molecular weight is 168 g/mol. The number of amides is 1. The first-order chi connectivity index (χ1) is 5.74. The van der Waals surface area contributed by atoms with Crippen molar-refractivity contribution in [1.29, 1.82) is 0 Å². The molecular weight excluding hydrogens is 152 g/mol. The fourth-order valence-corrected chi connectivity index (χ4v) is 1.00. The lowest BCUT2D eigenvalue weighted by Crippen LogP contribution is -2.48. The van der Waals surface area contributed by atoms with Crippen molar-refractivity contribution in [3.05, 3.63) is 11.6 Å². The molecule has 2 N–H and O–H groups in total. The maximum absolute atomic E-state index is 11.2. The van der Waals surface area contributed by atoms with Crippen LogP contribution in [0.3, 0.4) is 0 Å². The molecule has 3 heteroatoms. The Labute approximate surface area is 73.2 Å². The predicted molar refractivity (Wildman–Crippen MR) is 48.8 cm³/mol. The van der Waals surface area contributed by atoms with Crippen molar-refractivity contribution in [2.75, 3.05) is 19.6 Å². The van der Waals surface area contributed by atoms with E-state index in [4.69, 9.17) is 0 Å². The molecule has 0 spiro atoms. The van der Waals surface area contributed by atoms with Gasteiger partial charge in [-0.05, 0) is 13.8 Å². The molecule has 1 saturated heterocycles. The second-order valence-corrected chi connectivity index (χ2v) is 3.21. The highest BCUT2D eigenvalue weighted by Crippen LogP contribution is 2.00. The summed E-state index contributed by atoms with van der Waals surface area (Å²) in [5.74, 6) is 0.697. The van der Waals surface area contributed by atoms with E-state index in [0.29, 0.717) is 5.92 Å². The molecule has 1 heterocycles. The summed E-state index contributed by atoms with van der Waals surface area (Å²) in [6.45, 7) is 6.58. The molecule has 1 fully saturated rings. The van der Waals surface area contributed by atoms with E-state index < -0.39 is 0 Å². The molecule has 0 saturated carbocycles. The maximum atomic E-state index is 11.2. The molecule has 0 aliphatic carbocycles. The van der Waals surface area contributed by atoms with Crippen LogP contribution in [0.25, 0.3) is 0 Å². The van der Waals surface area contributed by atoms with Gasteiger partial charge in [0.05, 0.1) is 0 Å². The number of hydrogen-bond acceptors (Lipinski definition) is 2. The first kappa shape index (κ1) is 9.26. The molecule has 68 valence electrons. The summed E-state index contributed by atoms with van der Waals surface area (Å²) in [7, 11) is 0. The van der Waals surface area contributed by atoms with Gasteiger partial charge in [-0.2, -0.15) is 0 Å². The monoisotopic (exact) mass is 168 g/mol. The third-order valence-electron chi connectivity index (χ3n) is 2.21. The molecule has 1 rings (SSSR count). The molecular formula is C9H16N2O. The van der Waals surface area contributed by atoms with Crippen molar-refractivity contribution in [3.63, 3.8) is 0 Å². The van der Waals surface area contributed by atoms with Crippen LogP contribution in [0.4, 0.5) is 0 Å². The van der Waals surface area contributed by atoms with Gasteiger partial charge in [0.15, 0.2) is 0 Å². The molecule has 0 radical (unpaired) electrons. The Hall–Kier alpha value is -0.830. The molecule has 3 nitrogen and oxygen atoms in total. The van der Waals surface area contributed by atoms with Crippen LogP contribution < -0.4 is 10.6 Å². The van der Waals surface area contributed by atoms with Crippen LogP contribution in [0.1, 0.15) is 13.8 Å². The zero-order valence-electron chi connectivity index (χ0n) is 7.68. The van der Waals surface area contributed by atoms with Gasteiger partial charge in [0.1, 0.15) is 0 Å². The van der Waals surface area contributed by atoms with E-state index in [1.165, 1.54) is 0 Å². The highest BCUT2D eigenvalue weighted by molar-refractivity contribution is 5.92. The number of rotatable bonds is 3. The molecule has 1 aliphatic rings. The van der Waals surface area contributed by atoms with E-state index in [0.717, 1.165) is 25.2 Å². The Balaban J connectivity index is 2.17. The van der Waals surface area contributed by atoms with Crippen LogP contribution in [-0.4, -0.2) is 25.5 Å². The Morgan fingerprint density at radius 1 is 1.67 bits per heavy atom. The normalized spacial score (nSPS) is 18.7. The van der Waals surface area contributed by atoms with Crippen molar-refractivity contribution in [2.24, 2.45) is 5.92 Å². The molecule has 0 bridgehead atoms. The highest BCUT2D eigenvalue weighted by atomic mass is 16.1. The van der Waals surface area contributed by atoms with Gasteiger partial charge in [-0.1, -0.05) is 6.08 Å². The number of hydrogen-bond donors (Lipinski definition) is 2. The molecule has 12 heavy (non-hydrogen) atoms. The molecule has 0 unspecified atom stereocenters. The smallest absolute Gasteiger partial charge is 0.246 e. The van der Waals surface area contributed by atoms with E-state index in [2.05, 4.69) is 10.6 Å². The van der Waals surface area contributed by atoms with Crippen molar-refractivity contribution in [2.45, 2.75) is 13.8 Å². The highest BCUT2D eigenvalue weighted by Gasteiger charge is 2.16. The minimum Gasteiger partial charge on any atom is -0.352 e. The third kappa shape index (κ3) is 2.34. The topological polar surface area (TPSA) is 41.1 Å². The summed E-state index contributed by atoms with van der Waals surface area (Å²) < 4.78 is 0.